The van der Waals surface area contributed by atoms with Gasteiger partial charge in [0.15, 0.2) is 0 Å². The van der Waals surface area contributed by atoms with Gasteiger partial charge in [0.25, 0.3) is 0 Å². The van der Waals surface area contributed by atoms with Crippen LogP contribution in [-0.2, 0) is 11.3 Å². The molecule has 1 amide bonds. The number of aromatic nitrogens is 1. The van der Waals surface area contributed by atoms with Gasteiger partial charge in [-0.05, 0) is 25.8 Å². The molecule has 2 heterocycles. The smallest absolute Gasteiger partial charge is 0.242 e. The molecule has 0 aromatic carbocycles. The second-order valence-electron chi connectivity index (χ2n) is 4.61. The molecule has 1 atom stereocenters. The lowest BCUT2D eigenvalue weighted by Gasteiger charge is -2.31. The highest BCUT2D eigenvalue weighted by atomic mass is 32.1. The van der Waals surface area contributed by atoms with Crippen LogP contribution in [0, 0.1) is 0 Å². The summed E-state index contributed by atoms with van der Waals surface area (Å²) in [6.45, 7) is 3.63. The summed E-state index contributed by atoms with van der Waals surface area (Å²) < 4.78 is 0. The third-order valence-electron chi connectivity index (χ3n) is 3.49. The number of nitrogens with one attached hydrogen (secondary N) is 1. The molecule has 1 aliphatic heterocycles. The first-order valence-electron chi connectivity index (χ1n) is 6.05. The number of hydrogen-bond acceptors (Lipinski definition) is 4. The normalized spacial score (nSPS) is 23.9. The molecule has 1 aromatic rings. The van der Waals surface area contributed by atoms with Crippen molar-refractivity contribution in [1.29, 1.82) is 0 Å². The minimum absolute atomic E-state index is 0.200. The molecule has 1 aliphatic rings. The van der Waals surface area contributed by atoms with Crippen LogP contribution in [0.2, 0.25) is 0 Å². The van der Waals surface area contributed by atoms with Crippen LogP contribution in [0.15, 0.2) is 10.9 Å². The predicted molar refractivity (Wildman–Crippen MR) is 68.8 cm³/mol. The van der Waals surface area contributed by atoms with Crippen LogP contribution in [-0.4, -0.2) is 34.9 Å². The van der Waals surface area contributed by atoms with Gasteiger partial charge in [-0.25, -0.2) is 4.98 Å². The fraction of sp³-hybridized carbons (Fsp3) is 0.667. The SMILES string of the molecule is CCC1(C(=O)N(C)Cc2cscn2)CCCN1. The average molecular weight is 253 g/mol. The Labute approximate surface area is 106 Å². The summed E-state index contributed by atoms with van der Waals surface area (Å²) in [5.74, 6) is 0.200. The lowest BCUT2D eigenvalue weighted by Crippen LogP contribution is -2.53. The topological polar surface area (TPSA) is 45.2 Å². The van der Waals surface area contributed by atoms with Gasteiger partial charge in [-0.15, -0.1) is 11.3 Å². The number of carbonyl (C=O) groups is 1. The molecule has 5 heteroatoms. The molecule has 1 fully saturated rings. The summed E-state index contributed by atoms with van der Waals surface area (Å²) in [5.41, 5.74) is 2.44. The molecule has 0 spiro atoms. The van der Waals surface area contributed by atoms with Crippen LogP contribution < -0.4 is 5.32 Å². The number of thiazole rings is 1. The second kappa shape index (κ2) is 5.14. The Morgan fingerprint density at radius 1 is 1.71 bits per heavy atom. The summed E-state index contributed by atoms with van der Waals surface area (Å²) in [4.78, 5) is 18.5. The van der Waals surface area contributed by atoms with E-state index in [9.17, 15) is 4.79 Å². The minimum atomic E-state index is -0.329. The maximum atomic E-state index is 12.5. The van der Waals surface area contributed by atoms with Crippen molar-refractivity contribution in [2.45, 2.75) is 38.3 Å². The molecule has 1 unspecified atom stereocenters. The van der Waals surface area contributed by atoms with Crippen molar-refractivity contribution in [3.8, 4) is 0 Å². The van der Waals surface area contributed by atoms with E-state index in [-0.39, 0.29) is 11.4 Å². The van der Waals surface area contributed by atoms with Crippen LogP contribution in [0.4, 0.5) is 0 Å². The molecule has 0 saturated carbocycles. The van der Waals surface area contributed by atoms with Crippen molar-refractivity contribution < 1.29 is 4.79 Å². The Bertz CT molecular complexity index is 371. The third-order valence-corrected chi connectivity index (χ3v) is 4.12. The van der Waals surface area contributed by atoms with E-state index in [1.807, 2.05) is 12.4 Å². The van der Waals surface area contributed by atoms with Gasteiger partial charge in [-0.1, -0.05) is 6.92 Å². The van der Waals surface area contributed by atoms with Gasteiger partial charge >= 0.3 is 0 Å². The van der Waals surface area contributed by atoms with Crippen LogP contribution in [0.3, 0.4) is 0 Å². The standard InChI is InChI=1S/C12H19N3OS/c1-3-12(5-4-6-14-12)11(16)15(2)7-10-8-17-9-13-10/h8-9,14H,3-7H2,1-2H3. The van der Waals surface area contributed by atoms with E-state index < -0.39 is 0 Å². The van der Waals surface area contributed by atoms with Crippen molar-refractivity contribution in [3.05, 3.63) is 16.6 Å². The van der Waals surface area contributed by atoms with Crippen molar-refractivity contribution in [2.24, 2.45) is 0 Å². The maximum absolute atomic E-state index is 12.5. The number of amides is 1. The minimum Gasteiger partial charge on any atom is -0.338 e. The average Bonchev–Trinajstić information content (AvgIpc) is 2.99. The summed E-state index contributed by atoms with van der Waals surface area (Å²) >= 11 is 1.57. The largest absolute Gasteiger partial charge is 0.338 e. The van der Waals surface area contributed by atoms with E-state index in [2.05, 4.69) is 17.2 Å². The van der Waals surface area contributed by atoms with Gasteiger partial charge in [0.1, 0.15) is 0 Å². The van der Waals surface area contributed by atoms with E-state index in [0.29, 0.717) is 6.54 Å². The molecule has 17 heavy (non-hydrogen) atoms. The van der Waals surface area contributed by atoms with Crippen molar-refractivity contribution in [1.82, 2.24) is 15.2 Å². The number of carbonyl (C=O) groups excluding carboxylic acids is 1. The molecular formula is C12H19N3OS. The molecule has 94 valence electrons. The molecular weight excluding hydrogens is 234 g/mol. The van der Waals surface area contributed by atoms with E-state index in [4.69, 9.17) is 0 Å². The Morgan fingerprint density at radius 3 is 3.06 bits per heavy atom. The Balaban J connectivity index is 2.03. The van der Waals surface area contributed by atoms with E-state index >= 15 is 0 Å². The molecule has 0 bridgehead atoms. The predicted octanol–water partition coefficient (Wildman–Crippen LogP) is 1.63. The lowest BCUT2D eigenvalue weighted by atomic mass is 9.92. The molecule has 2 rings (SSSR count). The molecule has 1 saturated heterocycles. The monoisotopic (exact) mass is 253 g/mol. The van der Waals surface area contributed by atoms with E-state index in [0.717, 1.165) is 31.5 Å². The molecule has 4 nitrogen and oxygen atoms in total. The fourth-order valence-corrected chi connectivity index (χ4v) is 2.99. The van der Waals surface area contributed by atoms with Crippen molar-refractivity contribution in [3.63, 3.8) is 0 Å². The Kier molecular flexibility index (Phi) is 3.79. The first-order valence-corrected chi connectivity index (χ1v) is 7.00. The summed E-state index contributed by atoms with van der Waals surface area (Å²) in [7, 11) is 1.86. The Hall–Kier alpha value is -0.940. The van der Waals surface area contributed by atoms with Crippen molar-refractivity contribution >= 4 is 17.2 Å². The third kappa shape index (κ3) is 2.50. The van der Waals surface area contributed by atoms with Gasteiger partial charge < -0.3 is 10.2 Å². The highest BCUT2D eigenvalue weighted by molar-refractivity contribution is 7.07. The fourth-order valence-electron chi connectivity index (χ4n) is 2.44. The number of hydrogen-bond donors (Lipinski definition) is 1. The summed E-state index contributed by atoms with van der Waals surface area (Å²) in [6, 6.07) is 0. The number of nitrogens with zero attached hydrogens (tertiary/aromatic N) is 2. The second-order valence-corrected chi connectivity index (χ2v) is 5.33. The van der Waals surface area contributed by atoms with Gasteiger partial charge in [0.2, 0.25) is 5.91 Å². The number of rotatable bonds is 4. The first kappa shape index (κ1) is 12.5. The van der Waals surface area contributed by atoms with Crippen LogP contribution in [0.25, 0.3) is 0 Å². The highest BCUT2D eigenvalue weighted by Gasteiger charge is 2.40. The van der Waals surface area contributed by atoms with Gasteiger partial charge in [-0.2, -0.15) is 0 Å². The molecule has 0 radical (unpaired) electrons. The van der Waals surface area contributed by atoms with Crippen LogP contribution in [0.1, 0.15) is 31.9 Å². The van der Waals surface area contributed by atoms with E-state index in [1.54, 1.807) is 21.7 Å². The van der Waals surface area contributed by atoms with Crippen LogP contribution in [0.5, 0.6) is 0 Å². The van der Waals surface area contributed by atoms with Gasteiger partial charge in [-0.3, -0.25) is 4.79 Å². The highest BCUT2D eigenvalue weighted by Crippen LogP contribution is 2.25. The lowest BCUT2D eigenvalue weighted by molar-refractivity contribution is -0.137. The van der Waals surface area contributed by atoms with Crippen molar-refractivity contribution in [2.75, 3.05) is 13.6 Å². The zero-order chi connectivity index (χ0) is 12.3. The summed E-state index contributed by atoms with van der Waals surface area (Å²) in [6.07, 6.45) is 2.89. The Morgan fingerprint density at radius 2 is 2.53 bits per heavy atom. The first-order chi connectivity index (χ1) is 8.18. The summed E-state index contributed by atoms with van der Waals surface area (Å²) in [5, 5.41) is 5.36. The quantitative estimate of drug-likeness (QED) is 0.887. The maximum Gasteiger partial charge on any atom is 0.242 e. The molecule has 1 aromatic heterocycles. The van der Waals surface area contributed by atoms with E-state index in [1.165, 1.54) is 0 Å². The number of likely N-dealkylation sites (N-methyl/N-ethyl adjacent to an activating group) is 1. The molecule has 1 N–H and O–H groups in total. The zero-order valence-electron chi connectivity index (χ0n) is 10.4. The van der Waals surface area contributed by atoms with Gasteiger partial charge in [0.05, 0.1) is 23.3 Å². The van der Waals surface area contributed by atoms with Gasteiger partial charge in [0, 0.05) is 12.4 Å². The molecule has 0 aliphatic carbocycles. The van der Waals surface area contributed by atoms with Crippen LogP contribution >= 0.6 is 11.3 Å². The zero-order valence-corrected chi connectivity index (χ0v) is 11.2.